The Labute approximate surface area is 119 Å². The van der Waals surface area contributed by atoms with Gasteiger partial charge in [-0.3, -0.25) is 14.4 Å². The van der Waals surface area contributed by atoms with Crippen LogP contribution in [0.4, 0.5) is 0 Å². The average Bonchev–Trinajstić information content (AvgIpc) is 2.23. The molecule has 18 heavy (non-hydrogen) atoms. The maximum absolute atomic E-state index is 10.0. The van der Waals surface area contributed by atoms with Gasteiger partial charge in [0.15, 0.2) is 0 Å². The second-order valence-electron chi connectivity index (χ2n) is 2.87. The van der Waals surface area contributed by atoms with Crippen LogP contribution in [-0.4, -0.2) is 45.3 Å². The molecular weight excluding hydrogens is 298 g/mol. The molecule has 0 unspecified atom stereocenters. The molecular formula is C9H17NO5S3. The third kappa shape index (κ3) is 24.6. The van der Waals surface area contributed by atoms with E-state index >= 15 is 0 Å². The van der Waals surface area contributed by atoms with E-state index in [1.807, 2.05) is 0 Å². The molecule has 0 saturated carbocycles. The lowest BCUT2D eigenvalue weighted by atomic mass is 10.5. The van der Waals surface area contributed by atoms with Crippen LogP contribution in [0.15, 0.2) is 0 Å². The van der Waals surface area contributed by atoms with Crippen molar-refractivity contribution in [2.24, 2.45) is 5.73 Å². The summed E-state index contributed by atoms with van der Waals surface area (Å²) in [7, 11) is 2.79. The summed E-state index contributed by atoms with van der Waals surface area (Å²) in [4.78, 5) is 29.8. The molecule has 0 aromatic rings. The van der Waals surface area contributed by atoms with Gasteiger partial charge in [-0.1, -0.05) is 21.6 Å². The number of carbonyl (C=O) groups excluding carboxylic acids is 1. The SMILES string of the molecule is NC(=O)CCS.O=C(O)CCSSCCC(=O)O. The van der Waals surface area contributed by atoms with E-state index in [0.29, 0.717) is 23.7 Å². The van der Waals surface area contributed by atoms with E-state index in [1.165, 1.54) is 21.6 Å². The Morgan fingerprint density at radius 2 is 1.33 bits per heavy atom. The minimum atomic E-state index is -0.818. The van der Waals surface area contributed by atoms with Crippen molar-refractivity contribution in [1.29, 1.82) is 0 Å². The van der Waals surface area contributed by atoms with Crippen LogP contribution in [0.25, 0.3) is 0 Å². The van der Waals surface area contributed by atoms with E-state index in [1.54, 1.807) is 0 Å². The molecule has 0 aromatic carbocycles. The van der Waals surface area contributed by atoms with Gasteiger partial charge < -0.3 is 15.9 Å². The average molecular weight is 315 g/mol. The van der Waals surface area contributed by atoms with Gasteiger partial charge >= 0.3 is 11.9 Å². The van der Waals surface area contributed by atoms with Crippen LogP contribution in [0.2, 0.25) is 0 Å². The molecule has 0 aliphatic heterocycles. The van der Waals surface area contributed by atoms with Crippen molar-refractivity contribution in [3.05, 3.63) is 0 Å². The second-order valence-corrected chi connectivity index (χ2v) is 6.02. The normalized spacial score (nSPS) is 9.17. The number of nitrogens with two attached hydrogens (primary N) is 1. The molecule has 0 heterocycles. The van der Waals surface area contributed by atoms with Crippen LogP contribution < -0.4 is 5.73 Å². The predicted molar refractivity (Wildman–Crippen MR) is 77.1 cm³/mol. The van der Waals surface area contributed by atoms with Crippen molar-refractivity contribution in [3.63, 3.8) is 0 Å². The molecule has 6 nitrogen and oxygen atoms in total. The molecule has 0 rings (SSSR count). The van der Waals surface area contributed by atoms with Gasteiger partial charge in [0.25, 0.3) is 0 Å². The third-order valence-electron chi connectivity index (χ3n) is 1.24. The van der Waals surface area contributed by atoms with Crippen molar-refractivity contribution in [3.8, 4) is 0 Å². The van der Waals surface area contributed by atoms with Crippen LogP contribution >= 0.6 is 34.2 Å². The summed E-state index contributed by atoms with van der Waals surface area (Å²) in [5.74, 6) is -0.318. The number of carboxylic acids is 2. The molecule has 0 bridgehead atoms. The highest BCUT2D eigenvalue weighted by Gasteiger charge is 1.99. The Kier molecular flexibility index (Phi) is 16.0. The van der Waals surface area contributed by atoms with Gasteiger partial charge in [-0.2, -0.15) is 12.6 Å². The zero-order chi connectivity index (χ0) is 14.4. The lowest BCUT2D eigenvalue weighted by Gasteiger charge is -1.95. The monoisotopic (exact) mass is 315 g/mol. The summed E-state index contributed by atoms with van der Waals surface area (Å²) < 4.78 is 0. The number of hydrogen-bond acceptors (Lipinski definition) is 6. The number of primary amides is 1. The molecule has 9 heteroatoms. The Bertz CT molecular complexity index is 245. The van der Waals surface area contributed by atoms with E-state index in [-0.39, 0.29) is 18.7 Å². The molecule has 1 amide bonds. The quantitative estimate of drug-likeness (QED) is 0.286. The van der Waals surface area contributed by atoms with E-state index in [0.717, 1.165) is 0 Å². The minimum Gasteiger partial charge on any atom is -0.481 e. The van der Waals surface area contributed by atoms with E-state index in [2.05, 4.69) is 12.6 Å². The van der Waals surface area contributed by atoms with Gasteiger partial charge in [0.1, 0.15) is 0 Å². The largest absolute Gasteiger partial charge is 0.481 e. The topological polar surface area (TPSA) is 118 Å². The van der Waals surface area contributed by atoms with Crippen molar-refractivity contribution >= 4 is 52.1 Å². The number of amides is 1. The number of rotatable bonds is 9. The first kappa shape index (κ1) is 19.8. The fourth-order valence-corrected chi connectivity index (χ4v) is 2.67. The van der Waals surface area contributed by atoms with Crippen LogP contribution in [0.5, 0.6) is 0 Å². The Hall–Kier alpha value is -0.540. The summed E-state index contributed by atoms with van der Waals surface area (Å²) in [6.07, 6.45) is 0.637. The van der Waals surface area contributed by atoms with Crippen LogP contribution in [-0.2, 0) is 14.4 Å². The van der Waals surface area contributed by atoms with Crippen molar-refractivity contribution in [2.75, 3.05) is 17.3 Å². The van der Waals surface area contributed by atoms with Crippen molar-refractivity contribution in [1.82, 2.24) is 0 Å². The first-order chi connectivity index (χ1) is 8.40. The van der Waals surface area contributed by atoms with Crippen molar-refractivity contribution in [2.45, 2.75) is 19.3 Å². The third-order valence-corrected chi connectivity index (χ3v) is 3.87. The lowest BCUT2D eigenvalue weighted by molar-refractivity contribution is -0.137. The molecule has 0 fully saturated rings. The maximum Gasteiger partial charge on any atom is 0.304 e. The van der Waals surface area contributed by atoms with Crippen LogP contribution in [0.3, 0.4) is 0 Å². The summed E-state index contributed by atoms with van der Waals surface area (Å²) in [6.45, 7) is 0. The molecule has 0 aliphatic carbocycles. The molecule has 0 atom stereocenters. The molecule has 0 saturated heterocycles. The fourth-order valence-electron chi connectivity index (χ4n) is 0.486. The van der Waals surface area contributed by atoms with Gasteiger partial charge in [-0.25, -0.2) is 0 Å². The zero-order valence-electron chi connectivity index (χ0n) is 9.70. The second kappa shape index (κ2) is 14.5. The molecule has 0 spiro atoms. The number of carbonyl (C=O) groups is 3. The molecule has 0 aromatic heterocycles. The lowest BCUT2D eigenvalue weighted by Crippen LogP contribution is -2.09. The first-order valence-electron chi connectivity index (χ1n) is 4.97. The Morgan fingerprint density at radius 3 is 1.50 bits per heavy atom. The van der Waals surface area contributed by atoms with Gasteiger partial charge in [-0.15, -0.1) is 0 Å². The van der Waals surface area contributed by atoms with E-state index < -0.39 is 11.9 Å². The Balaban J connectivity index is 0. The molecule has 106 valence electrons. The molecule has 4 N–H and O–H groups in total. The Morgan fingerprint density at radius 1 is 0.944 bits per heavy atom. The number of hydrogen-bond donors (Lipinski definition) is 4. The highest BCUT2D eigenvalue weighted by Crippen LogP contribution is 2.22. The van der Waals surface area contributed by atoms with Crippen LogP contribution in [0.1, 0.15) is 19.3 Å². The molecule has 0 radical (unpaired) electrons. The van der Waals surface area contributed by atoms with Crippen LogP contribution in [0, 0.1) is 0 Å². The van der Waals surface area contributed by atoms with E-state index in [9.17, 15) is 14.4 Å². The fraction of sp³-hybridized carbons (Fsp3) is 0.667. The van der Waals surface area contributed by atoms with Gasteiger partial charge in [0.2, 0.25) is 5.91 Å². The van der Waals surface area contributed by atoms with E-state index in [4.69, 9.17) is 15.9 Å². The number of thiol groups is 1. The smallest absolute Gasteiger partial charge is 0.304 e. The van der Waals surface area contributed by atoms with Gasteiger partial charge in [0, 0.05) is 17.9 Å². The predicted octanol–water partition coefficient (Wildman–Crippen LogP) is 1.11. The highest BCUT2D eigenvalue weighted by molar-refractivity contribution is 8.76. The van der Waals surface area contributed by atoms with Gasteiger partial charge in [-0.05, 0) is 5.75 Å². The summed E-state index contributed by atoms with van der Waals surface area (Å²) in [6, 6.07) is 0. The summed E-state index contributed by atoms with van der Waals surface area (Å²) in [5, 5.41) is 16.5. The zero-order valence-corrected chi connectivity index (χ0v) is 12.2. The molecule has 0 aliphatic rings. The standard InChI is InChI=1S/C6H10O4S2.C3H7NOS/c7-5(8)1-3-11-12-4-2-6(9)10;4-3(5)1-2-6/h1-4H2,(H,7,8)(H,9,10);6H,1-2H2,(H2,4,5). The number of aliphatic carboxylic acids is 2. The minimum absolute atomic E-state index is 0.130. The highest BCUT2D eigenvalue weighted by atomic mass is 33.1. The summed E-state index contributed by atoms with van der Waals surface area (Å²) >= 11 is 3.76. The van der Waals surface area contributed by atoms with Crippen molar-refractivity contribution < 1.29 is 24.6 Å². The first-order valence-corrected chi connectivity index (χ1v) is 8.09. The summed E-state index contributed by atoms with van der Waals surface area (Å²) in [5.41, 5.74) is 4.72. The van der Waals surface area contributed by atoms with Gasteiger partial charge in [0.05, 0.1) is 12.8 Å². The number of carboxylic acid groups (broad SMARTS) is 2. The maximum atomic E-state index is 10.0.